The number of ether oxygens (including phenoxy) is 1. The van der Waals surface area contributed by atoms with Crippen molar-refractivity contribution in [2.75, 3.05) is 19.7 Å². The Hall–Kier alpha value is -1.96. The number of carbonyl (C=O) groups is 2. The SMILES string of the molecule is Cc1cc(OCC(=O)N2C[C@@H](C(F)(F)F)[C@H](C(=O)O)C2)ccc1Cl. The van der Waals surface area contributed by atoms with Crippen molar-refractivity contribution in [1.29, 1.82) is 0 Å². The van der Waals surface area contributed by atoms with Crippen LogP contribution in [-0.2, 0) is 9.59 Å². The number of aliphatic carboxylic acids is 1. The second-order valence-electron chi connectivity index (χ2n) is 5.59. The average Bonchev–Trinajstić information content (AvgIpc) is 2.94. The van der Waals surface area contributed by atoms with Gasteiger partial charge in [-0.15, -0.1) is 0 Å². The van der Waals surface area contributed by atoms with Crippen molar-refractivity contribution in [2.45, 2.75) is 13.1 Å². The summed E-state index contributed by atoms with van der Waals surface area (Å²) >= 11 is 5.86. The summed E-state index contributed by atoms with van der Waals surface area (Å²) in [6, 6.07) is 4.70. The van der Waals surface area contributed by atoms with Crippen LogP contribution in [0.15, 0.2) is 18.2 Å². The predicted octanol–water partition coefficient (Wildman–Crippen LogP) is 2.75. The molecule has 1 aromatic rings. The fourth-order valence-electron chi connectivity index (χ4n) is 2.53. The number of aryl methyl sites for hydroxylation is 1. The minimum Gasteiger partial charge on any atom is -0.484 e. The molecule has 1 aliphatic heterocycles. The second-order valence-corrected chi connectivity index (χ2v) is 6.00. The number of nitrogens with zero attached hydrogens (tertiary/aromatic N) is 1. The van der Waals surface area contributed by atoms with E-state index in [1.807, 2.05) is 0 Å². The Balaban J connectivity index is 2.00. The number of likely N-dealkylation sites (tertiary alicyclic amines) is 1. The van der Waals surface area contributed by atoms with Crippen molar-refractivity contribution in [3.05, 3.63) is 28.8 Å². The van der Waals surface area contributed by atoms with E-state index in [0.717, 1.165) is 10.5 Å². The van der Waals surface area contributed by atoms with Crippen LogP contribution in [0.25, 0.3) is 0 Å². The maximum Gasteiger partial charge on any atom is 0.394 e. The highest BCUT2D eigenvalue weighted by molar-refractivity contribution is 6.31. The van der Waals surface area contributed by atoms with Gasteiger partial charge in [-0.1, -0.05) is 11.6 Å². The lowest BCUT2D eigenvalue weighted by atomic mass is 9.96. The van der Waals surface area contributed by atoms with E-state index in [1.165, 1.54) is 6.07 Å². The zero-order valence-corrected chi connectivity index (χ0v) is 13.4. The molecule has 1 fully saturated rings. The molecule has 0 saturated carbocycles. The van der Waals surface area contributed by atoms with Crippen molar-refractivity contribution in [3.63, 3.8) is 0 Å². The molecule has 2 atom stereocenters. The third-order valence-corrected chi connectivity index (χ3v) is 4.33. The summed E-state index contributed by atoms with van der Waals surface area (Å²) in [4.78, 5) is 23.9. The molecule has 1 amide bonds. The van der Waals surface area contributed by atoms with Gasteiger partial charge in [0.2, 0.25) is 0 Å². The van der Waals surface area contributed by atoms with Crippen LogP contribution < -0.4 is 4.74 Å². The predicted molar refractivity (Wildman–Crippen MR) is 78.9 cm³/mol. The molecule has 0 bridgehead atoms. The fourth-order valence-corrected chi connectivity index (χ4v) is 2.65. The minimum atomic E-state index is -4.67. The molecule has 9 heteroatoms. The average molecular weight is 366 g/mol. The van der Waals surface area contributed by atoms with Gasteiger partial charge in [-0.3, -0.25) is 9.59 Å². The zero-order chi connectivity index (χ0) is 18.1. The van der Waals surface area contributed by atoms with Crippen LogP contribution in [0, 0.1) is 18.8 Å². The van der Waals surface area contributed by atoms with Gasteiger partial charge in [-0.05, 0) is 30.7 Å². The van der Waals surface area contributed by atoms with E-state index in [9.17, 15) is 22.8 Å². The van der Waals surface area contributed by atoms with Crippen molar-refractivity contribution in [3.8, 4) is 5.75 Å². The summed E-state index contributed by atoms with van der Waals surface area (Å²) in [5.74, 6) is -5.64. The second kappa shape index (κ2) is 6.88. The Bertz CT molecular complexity index is 650. The zero-order valence-electron chi connectivity index (χ0n) is 12.6. The standard InChI is InChI=1S/C15H15ClF3NO4/c1-8-4-9(2-3-12(8)16)24-7-13(21)20-5-10(14(22)23)11(6-20)15(17,18)19/h2-4,10-11H,5-7H2,1H3,(H,22,23)/t10-,11-/m1/s1. The number of carbonyl (C=O) groups excluding carboxylic acids is 1. The fraction of sp³-hybridized carbons (Fsp3) is 0.467. The van der Waals surface area contributed by atoms with Gasteiger partial charge in [-0.2, -0.15) is 13.2 Å². The summed E-state index contributed by atoms with van der Waals surface area (Å²) in [5.41, 5.74) is 0.728. The first-order valence-corrected chi connectivity index (χ1v) is 7.43. The number of carboxylic acids is 1. The Morgan fingerprint density at radius 3 is 2.54 bits per heavy atom. The van der Waals surface area contributed by atoms with Gasteiger partial charge < -0.3 is 14.7 Å². The van der Waals surface area contributed by atoms with Crippen LogP contribution in [0.3, 0.4) is 0 Å². The van der Waals surface area contributed by atoms with Crippen LogP contribution in [0.1, 0.15) is 5.56 Å². The molecule has 2 rings (SSSR count). The maximum atomic E-state index is 12.9. The summed E-state index contributed by atoms with van der Waals surface area (Å²) in [7, 11) is 0. The summed E-state index contributed by atoms with van der Waals surface area (Å²) in [5, 5.41) is 9.45. The molecule has 1 aromatic carbocycles. The summed E-state index contributed by atoms with van der Waals surface area (Å²) in [6.45, 7) is 0.102. The molecule has 1 aliphatic rings. The van der Waals surface area contributed by atoms with Crippen molar-refractivity contribution >= 4 is 23.5 Å². The molecule has 5 nitrogen and oxygen atoms in total. The molecule has 0 spiro atoms. The van der Waals surface area contributed by atoms with Gasteiger partial charge in [0.05, 0.1) is 11.8 Å². The number of halogens is 4. The smallest absolute Gasteiger partial charge is 0.394 e. The largest absolute Gasteiger partial charge is 0.484 e. The van der Waals surface area contributed by atoms with E-state index < -0.39 is 49.6 Å². The van der Waals surface area contributed by atoms with Gasteiger partial charge >= 0.3 is 12.1 Å². The van der Waals surface area contributed by atoms with E-state index in [4.69, 9.17) is 21.4 Å². The molecule has 24 heavy (non-hydrogen) atoms. The Labute approximate surface area is 141 Å². The highest BCUT2D eigenvalue weighted by atomic mass is 35.5. The lowest BCUT2D eigenvalue weighted by Gasteiger charge is -2.18. The first kappa shape index (κ1) is 18.4. The minimum absolute atomic E-state index is 0.353. The van der Waals surface area contributed by atoms with Gasteiger partial charge in [0.25, 0.3) is 5.91 Å². The van der Waals surface area contributed by atoms with Crippen LogP contribution >= 0.6 is 11.6 Å². The summed E-state index contributed by atoms with van der Waals surface area (Å²) < 4.78 is 43.9. The molecule has 1 N–H and O–H groups in total. The van der Waals surface area contributed by atoms with E-state index in [1.54, 1.807) is 19.1 Å². The van der Waals surface area contributed by atoms with Gasteiger partial charge in [0, 0.05) is 18.1 Å². The molecule has 132 valence electrons. The molecule has 0 aliphatic carbocycles. The van der Waals surface area contributed by atoms with E-state index in [2.05, 4.69) is 0 Å². The third-order valence-electron chi connectivity index (χ3n) is 3.90. The van der Waals surface area contributed by atoms with Crippen molar-refractivity contribution in [2.24, 2.45) is 11.8 Å². The highest BCUT2D eigenvalue weighted by Crippen LogP contribution is 2.37. The highest BCUT2D eigenvalue weighted by Gasteiger charge is 2.53. The lowest BCUT2D eigenvalue weighted by Crippen LogP contribution is -2.35. The van der Waals surface area contributed by atoms with Gasteiger partial charge in [0.15, 0.2) is 6.61 Å². The van der Waals surface area contributed by atoms with E-state index >= 15 is 0 Å². The molecule has 0 unspecified atom stereocenters. The monoisotopic (exact) mass is 365 g/mol. The first-order valence-electron chi connectivity index (χ1n) is 7.06. The Morgan fingerprint density at radius 2 is 2.04 bits per heavy atom. The third kappa shape index (κ3) is 4.11. The lowest BCUT2D eigenvalue weighted by molar-refractivity contribution is -0.188. The molecule has 1 saturated heterocycles. The number of benzene rings is 1. The van der Waals surface area contributed by atoms with E-state index in [0.29, 0.717) is 10.8 Å². The number of alkyl halides is 3. The number of hydrogen-bond acceptors (Lipinski definition) is 3. The van der Waals surface area contributed by atoms with Crippen molar-refractivity contribution in [1.82, 2.24) is 4.90 Å². The molecule has 0 aromatic heterocycles. The van der Waals surface area contributed by atoms with E-state index in [-0.39, 0.29) is 0 Å². The quantitative estimate of drug-likeness (QED) is 0.891. The Morgan fingerprint density at radius 1 is 1.38 bits per heavy atom. The number of hydrogen-bond donors (Lipinski definition) is 1. The number of rotatable bonds is 4. The number of amides is 1. The topological polar surface area (TPSA) is 66.8 Å². The van der Waals surface area contributed by atoms with Gasteiger partial charge in [-0.25, -0.2) is 0 Å². The van der Waals surface area contributed by atoms with Crippen molar-refractivity contribution < 1.29 is 32.6 Å². The van der Waals surface area contributed by atoms with Gasteiger partial charge in [0.1, 0.15) is 5.75 Å². The van der Waals surface area contributed by atoms with Crippen LogP contribution in [0.2, 0.25) is 5.02 Å². The molecular formula is C15H15ClF3NO4. The summed E-state index contributed by atoms with van der Waals surface area (Å²) in [6.07, 6.45) is -4.67. The molecule has 0 radical (unpaired) electrons. The van der Waals surface area contributed by atoms with Crippen LogP contribution in [0.4, 0.5) is 13.2 Å². The molecule has 1 heterocycles. The van der Waals surface area contributed by atoms with Crippen LogP contribution in [0.5, 0.6) is 5.75 Å². The normalized spacial score (nSPS) is 21.0. The molecular weight excluding hydrogens is 351 g/mol. The first-order chi connectivity index (χ1) is 11.1. The number of carboxylic acid groups (broad SMARTS) is 1. The van der Waals surface area contributed by atoms with Crippen LogP contribution in [-0.4, -0.2) is 47.8 Å². The maximum absolute atomic E-state index is 12.9. The Kier molecular flexibility index (Phi) is 5.27.